The predicted molar refractivity (Wildman–Crippen MR) is 148 cm³/mol. The number of nitrogens with one attached hydrogen (secondary N) is 1. The van der Waals surface area contributed by atoms with Gasteiger partial charge in [0.2, 0.25) is 15.9 Å². The number of sulfonamides is 1. The van der Waals surface area contributed by atoms with Crippen LogP contribution in [0.15, 0.2) is 52.3 Å². The maximum atomic E-state index is 13.7. The number of carbonyl (C=O) groups is 1. The Bertz CT molecular complexity index is 1600. The molecule has 0 saturated carbocycles. The molecule has 4 aromatic rings. The van der Waals surface area contributed by atoms with Crippen molar-refractivity contribution in [2.75, 3.05) is 17.5 Å². The number of rotatable bonds is 8. The van der Waals surface area contributed by atoms with Gasteiger partial charge in [-0.05, 0) is 50.8 Å². The molecular formula is C26H29N7O4S2. The van der Waals surface area contributed by atoms with Gasteiger partial charge in [-0.25, -0.2) is 18.4 Å². The van der Waals surface area contributed by atoms with Crippen molar-refractivity contribution >= 4 is 33.1 Å². The molecule has 0 spiro atoms. The molecule has 2 unspecified atom stereocenters. The zero-order valence-corrected chi connectivity index (χ0v) is 23.4. The third-order valence-electron chi connectivity index (χ3n) is 6.34. The van der Waals surface area contributed by atoms with Crippen LogP contribution < -0.4 is 10.5 Å². The average molecular weight is 568 g/mol. The second kappa shape index (κ2) is 10.5. The molecule has 1 fully saturated rings. The van der Waals surface area contributed by atoms with Gasteiger partial charge < -0.3 is 15.1 Å². The number of thiazole rings is 1. The average Bonchev–Trinajstić information content (AvgIpc) is 3.63. The molecule has 0 aliphatic carbocycles. The zero-order valence-electron chi connectivity index (χ0n) is 21.8. The molecular weight excluding hydrogens is 538 g/mol. The van der Waals surface area contributed by atoms with E-state index in [-0.39, 0.29) is 40.8 Å². The third kappa shape index (κ3) is 6.15. The van der Waals surface area contributed by atoms with Crippen molar-refractivity contribution < 1.29 is 17.6 Å². The molecule has 4 heterocycles. The summed E-state index contributed by atoms with van der Waals surface area (Å²) in [5, 5.41) is 11.1. The lowest BCUT2D eigenvalue weighted by Gasteiger charge is -2.23. The molecule has 39 heavy (non-hydrogen) atoms. The lowest BCUT2D eigenvalue weighted by Crippen LogP contribution is -2.35. The Hall–Kier alpha value is -3.68. The van der Waals surface area contributed by atoms with E-state index in [2.05, 4.69) is 24.9 Å². The minimum absolute atomic E-state index is 0.0226. The number of likely N-dealkylation sites (tertiary alicyclic amines) is 1. The zero-order chi connectivity index (χ0) is 27.8. The highest BCUT2D eigenvalue weighted by molar-refractivity contribution is 7.92. The van der Waals surface area contributed by atoms with E-state index in [4.69, 9.17) is 10.2 Å². The number of benzene rings is 1. The van der Waals surface area contributed by atoms with E-state index in [0.717, 1.165) is 35.4 Å². The largest absolute Gasteiger partial charge is 0.417 e. The van der Waals surface area contributed by atoms with Gasteiger partial charge in [-0.15, -0.1) is 21.5 Å². The van der Waals surface area contributed by atoms with Crippen LogP contribution in [0.5, 0.6) is 0 Å². The van der Waals surface area contributed by atoms with Crippen LogP contribution >= 0.6 is 11.3 Å². The first-order valence-corrected chi connectivity index (χ1v) is 15.2. The maximum Gasteiger partial charge on any atom is 0.266 e. The van der Waals surface area contributed by atoms with Crippen molar-refractivity contribution in [3.63, 3.8) is 0 Å². The van der Waals surface area contributed by atoms with Gasteiger partial charge in [-0.3, -0.25) is 9.52 Å². The van der Waals surface area contributed by atoms with Gasteiger partial charge in [0.25, 0.3) is 11.8 Å². The van der Waals surface area contributed by atoms with Crippen LogP contribution in [0.1, 0.15) is 58.3 Å². The van der Waals surface area contributed by atoms with E-state index in [1.165, 1.54) is 23.5 Å². The Kier molecular flexibility index (Phi) is 7.23. The molecule has 13 heteroatoms. The van der Waals surface area contributed by atoms with Crippen molar-refractivity contribution in [3.05, 3.63) is 75.6 Å². The van der Waals surface area contributed by atoms with Gasteiger partial charge in [0, 0.05) is 23.2 Å². The molecule has 1 amide bonds. The van der Waals surface area contributed by atoms with Crippen LogP contribution in [-0.2, 0) is 22.0 Å². The van der Waals surface area contributed by atoms with Gasteiger partial charge in [-0.2, -0.15) is 0 Å². The smallest absolute Gasteiger partial charge is 0.266 e. The number of hydrogen-bond donors (Lipinski definition) is 2. The Morgan fingerprint density at radius 1 is 1.23 bits per heavy atom. The third-order valence-corrected chi connectivity index (χ3v) is 7.99. The second-order valence-corrected chi connectivity index (χ2v) is 12.6. The Labute approximate surface area is 230 Å². The molecule has 1 aliphatic rings. The number of carbonyl (C=O) groups excluding carboxylic acids is 1. The summed E-state index contributed by atoms with van der Waals surface area (Å²) in [5.41, 5.74) is 7.87. The summed E-state index contributed by atoms with van der Waals surface area (Å²) >= 11 is 1.53. The molecule has 0 radical (unpaired) electrons. The monoisotopic (exact) mass is 567 g/mol. The normalized spacial score (nSPS) is 17.2. The van der Waals surface area contributed by atoms with Gasteiger partial charge in [0.05, 0.1) is 17.8 Å². The number of anilines is 1. The second-order valence-electron chi connectivity index (χ2n) is 9.98. The van der Waals surface area contributed by atoms with Crippen LogP contribution in [0.4, 0.5) is 5.82 Å². The van der Waals surface area contributed by atoms with Crippen molar-refractivity contribution in [3.8, 4) is 11.6 Å². The Morgan fingerprint density at radius 3 is 2.69 bits per heavy atom. The SMILES string of the molecule is Cc1csc(C2CCCN2C(=O)c2cc(NS(C)(=O)=O)nc(-c3nnc(C(C)(N)Cc4ccccc4)o3)c2)n1. The highest BCUT2D eigenvalue weighted by Crippen LogP contribution is 2.35. The van der Waals surface area contributed by atoms with E-state index in [1.807, 2.05) is 42.6 Å². The first-order chi connectivity index (χ1) is 18.5. The van der Waals surface area contributed by atoms with E-state index in [1.54, 1.807) is 11.8 Å². The minimum atomic E-state index is -3.67. The van der Waals surface area contributed by atoms with Gasteiger partial charge in [0.1, 0.15) is 16.5 Å². The molecule has 204 valence electrons. The van der Waals surface area contributed by atoms with Crippen molar-refractivity contribution in [2.45, 2.75) is 44.7 Å². The summed E-state index contributed by atoms with van der Waals surface area (Å²) in [7, 11) is -3.67. The molecule has 2 atom stereocenters. The van der Waals surface area contributed by atoms with E-state index < -0.39 is 15.6 Å². The number of aromatic nitrogens is 4. The van der Waals surface area contributed by atoms with Gasteiger partial charge in [0.15, 0.2) is 0 Å². The highest BCUT2D eigenvalue weighted by atomic mass is 32.2. The summed E-state index contributed by atoms with van der Waals surface area (Å²) in [6.45, 7) is 4.27. The molecule has 1 aromatic carbocycles. The molecule has 3 N–H and O–H groups in total. The number of hydrogen-bond acceptors (Lipinski definition) is 10. The standard InChI is InChI=1S/C26H29N7O4S2/c1-16-15-38-23(28-16)20-10-7-11-33(20)24(34)18-12-19(29-21(13-18)32-39(3,35)36)22-30-31-25(37-22)26(2,27)14-17-8-5-4-6-9-17/h4-6,8-9,12-13,15,20H,7,10-11,14,27H2,1-3H3,(H,29,32). The summed E-state index contributed by atoms with van der Waals surface area (Å²) in [4.78, 5) is 24.4. The Balaban J connectivity index is 1.48. The van der Waals surface area contributed by atoms with Crippen LogP contribution in [0, 0.1) is 6.92 Å². The number of aryl methyl sites for hydroxylation is 1. The predicted octanol–water partition coefficient (Wildman–Crippen LogP) is 3.66. The molecule has 3 aromatic heterocycles. The van der Waals surface area contributed by atoms with Crippen molar-refractivity contribution in [2.24, 2.45) is 5.73 Å². The van der Waals surface area contributed by atoms with Crippen LogP contribution in [0.25, 0.3) is 11.6 Å². The molecule has 5 rings (SSSR count). The lowest BCUT2D eigenvalue weighted by molar-refractivity contribution is 0.0735. The van der Waals surface area contributed by atoms with E-state index >= 15 is 0 Å². The number of nitrogens with two attached hydrogens (primary N) is 1. The molecule has 1 aliphatic heterocycles. The quantitative estimate of drug-likeness (QED) is 0.324. The van der Waals surface area contributed by atoms with Crippen molar-refractivity contribution in [1.29, 1.82) is 0 Å². The van der Waals surface area contributed by atoms with E-state index in [0.29, 0.717) is 13.0 Å². The fraction of sp³-hybridized carbons (Fsp3) is 0.346. The van der Waals surface area contributed by atoms with E-state index in [9.17, 15) is 13.2 Å². The fourth-order valence-electron chi connectivity index (χ4n) is 4.62. The topological polar surface area (TPSA) is 157 Å². The number of amides is 1. The van der Waals surface area contributed by atoms with Gasteiger partial charge >= 0.3 is 0 Å². The molecule has 11 nitrogen and oxygen atoms in total. The molecule has 0 bridgehead atoms. The fourth-order valence-corrected chi connectivity index (χ4v) is 6.04. The first kappa shape index (κ1) is 26.9. The van der Waals surface area contributed by atoms with Crippen LogP contribution in [0.2, 0.25) is 0 Å². The molecule has 1 saturated heterocycles. The van der Waals surface area contributed by atoms with Crippen LogP contribution in [-0.4, -0.2) is 52.2 Å². The van der Waals surface area contributed by atoms with Gasteiger partial charge in [-0.1, -0.05) is 30.3 Å². The summed E-state index contributed by atoms with van der Waals surface area (Å²) < 4.78 is 32.3. The number of nitrogens with zero attached hydrogens (tertiary/aromatic N) is 5. The highest BCUT2D eigenvalue weighted by Gasteiger charge is 2.34. The Morgan fingerprint density at radius 2 is 2.00 bits per heavy atom. The first-order valence-electron chi connectivity index (χ1n) is 12.4. The maximum absolute atomic E-state index is 13.7. The summed E-state index contributed by atoms with van der Waals surface area (Å²) in [6, 6.07) is 12.5. The summed E-state index contributed by atoms with van der Waals surface area (Å²) in [5.74, 6) is -0.0810. The number of pyridine rings is 1. The lowest BCUT2D eigenvalue weighted by atomic mass is 9.94. The summed E-state index contributed by atoms with van der Waals surface area (Å²) in [6.07, 6.45) is 3.10. The van der Waals surface area contributed by atoms with Crippen molar-refractivity contribution in [1.82, 2.24) is 25.1 Å². The minimum Gasteiger partial charge on any atom is -0.417 e. The van der Waals surface area contributed by atoms with Crippen LogP contribution in [0.3, 0.4) is 0 Å².